The van der Waals surface area contributed by atoms with Gasteiger partial charge in [0.15, 0.2) is 5.96 Å². The van der Waals surface area contributed by atoms with E-state index < -0.39 is 102 Å². The van der Waals surface area contributed by atoms with Crippen LogP contribution in [0.3, 0.4) is 0 Å². The SMILES string of the molecule is CC(=O)N[C@@H](C)C(=O)N[C@@H](CCCN=C(N)N)C(=O)N[C@H](C(=O)N[C@@H](CC(C)C)[C@H](C)C(=O)N[C@@H](CCC(=O)O)C(=O)N[C@@H](C)C(N)=O)C(C)C. The van der Waals surface area contributed by atoms with Crippen molar-refractivity contribution >= 4 is 53.3 Å². The summed E-state index contributed by atoms with van der Waals surface area (Å²) in [5.74, 6) is -7.43. The molecule has 0 rings (SSSR count). The summed E-state index contributed by atoms with van der Waals surface area (Å²) in [6, 6.07) is -6.39. The van der Waals surface area contributed by atoms with E-state index in [1.54, 1.807) is 13.8 Å². The van der Waals surface area contributed by atoms with Crippen LogP contribution in [0.5, 0.6) is 0 Å². The van der Waals surface area contributed by atoms with Crippen LogP contribution >= 0.6 is 0 Å². The van der Waals surface area contributed by atoms with Crippen molar-refractivity contribution in [1.82, 2.24) is 31.9 Å². The van der Waals surface area contributed by atoms with Crippen LogP contribution in [-0.2, 0) is 38.4 Å². The number of carboxylic acids is 1. The third kappa shape index (κ3) is 18.6. The molecule has 0 saturated carbocycles. The van der Waals surface area contributed by atoms with Gasteiger partial charge < -0.3 is 54.2 Å². The summed E-state index contributed by atoms with van der Waals surface area (Å²) >= 11 is 0. The van der Waals surface area contributed by atoms with E-state index in [1.807, 2.05) is 13.8 Å². The summed E-state index contributed by atoms with van der Waals surface area (Å²) in [5.41, 5.74) is 16.0. The highest BCUT2D eigenvalue weighted by Gasteiger charge is 2.34. The zero-order valence-corrected chi connectivity index (χ0v) is 30.8. The van der Waals surface area contributed by atoms with Gasteiger partial charge in [-0.15, -0.1) is 0 Å². The standard InChI is InChI=1S/C32H58N10O9/c1-15(2)14-23(17(5)27(47)39-22(11-12-24(44)45)29(49)38-18(6)26(33)46)41-31(51)25(16(3)4)42-30(50)21(10-9-13-36-32(34)35)40-28(48)19(7)37-20(8)43/h15-19,21-23,25H,9-14H2,1-8H3,(H2,33,46)(H,37,43)(H,38,49)(H,39,47)(H,40,48)(H,41,51)(H,42,50)(H,44,45)(H4,34,35,36)/t17-,18-,19-,21-,22-,23-,25-/m0/s1. The number of nitrogens with zero attached hydrogens (tertiary/aromatic N) is 1. The molecule has 0 aromatic rings. The van der Waals surface area contributed by atoms with Crippen molar-refractivity contribution in [2.45, 2.75) is 124 Å². The minimum atomic E-state index is -1.32. The number of aliphatic carboxylic acids is 1. The van der Waals surface area contributed by atoms with Crippen molar-refractivity contribution in [3.8, 4) is 0 Å². The maximum absolute atomic E-state index is 13.7. The maximum Gasteiger partial charge on any atom is 0.303 e. The molecule has 0 aliphatic heterocycles. The predicted molar refractivity (Wildman–Crippen MR) is 188 cm³/mol. The number of amides is 7. The van der Waals surface area contributed by atoms with E-state index in [4.69, 9.17) is 22.3 Å². The van der Waals surface area contributed by atoms with Gasteiger partial charge >= 0.3 is 5.97 Å². The summed E-state index contributed by atoms with van der Waals surface area (Å²) in [4.78, 5) is 104. The summed E-state index contributed by atoms with van der Waals surface area (Å²) in [5, 5.41) is 24.6. The fraction of sp³-hybridized carbons (Fsp3) is 0.719. The number of carbonyl (C=O) groups excluding carboxylic acids is 7. The molecule has 19 nitrogen and oxygen atoms in total. The van der Waals surface area contributed by atoms with Gasteiger partial charge in [0.05, 0.1) is 5.92 Å². The van der Waals surface area contributed by atoms with Crippen molar-refractivity contribution in [3.63, 3.8) is 0 Å². The zero-order chi connectivity index (χ0) is 39.6. The van der Waals surface area contributed by atoms with Crippen molar-refractivity contribution in [2.24, 2.45) is 39.9 Å². The van der Waals surface area contributed by atoms with Gasteiger partial charge in [-0.1, -0.05) is 34.6 Å². The molecule has 0 aromatic carbocycles. The first-order chi connectivity index (χ1) is 23.6. The number of primary amides is 1. The molecule has 0 radical (unpaired) electrons. The van der Waals surface area contributed by atoms with Crippen molar-refractivity contribution in [2.75, 3.05) is 6.54 Å². The summed E-state index contributed by atoms with van der Waals surface area (Å²) in [6.45, 7) is 12.9. The first kappa shape index (κ1) is 46.0. The molecule has 51 heavy (non-hydrogen) atoms. The number of carbonyl (C=O) groups is 8. The van der Waals surface area contributed by atoms with Gasteiger partial charge in [0.25, 0.3) is 0 Å². The molecule has 19 heteroatoms. The zero-order valence-electron chi connectivity index (χ0n) is 30.8. The van der Waals surface area contributed by atoms with Crippen LogP contribution in [0.2, 0.25) is 0 Å². The smallest absolute Gasteiger partial charge is 0.303 e. The van der Waals surface area contributed by atoms with Crippen LogP contribution in [0.15, 0.2) is 4.99 Å². The van der Waals surface area contributed by atoms with E-state index in [2.05, 4.69) is 36.9 Å². The van der Waals surface area contributed by atoms with Gasteiger partial charge in [-0.25, -0.2) is 0 Å². The summed E-state index contributed by atoms with van der Waals surface area (Å²) < 4.78 is 0. The topological polar surface area (TPSA) is 319 Å². The number of hydrogen-bond acceptors (Lipinski definition) is 9. The average Bonchev–Trinajstić information content (AvgIpc) is 3.00. The maximum atomic E-state index is 13.7. The molecule has 290 valence electrons. The van der Waals surface area contributed by atoms with Gasteiger partial charge in [0.2, 0.25) is 41.4 Å². The van der Waals surface area contributed by atoms with Crippen LogP contribution in [0.1, 0.15) is 87.5 Å². The van der Waals surface area contributed by atoms with E-state index in [0.717, 1.165) is 0 Å². The molecule has 0 aromatic heterocycles. The number of aliphatic imine (C=N–C) groups is 1. The van der Waals surface area contributed by atoms with Crippen molar-refractivity contribution < 1.29 is 43.5 Å². The van der Waals surface area contributed by atoms with E-state index >= 15 is 0 Å². The first-order valence-electron chi connectivity index (χ1n) is 16.9. The van der Waals surface area contributed by atoms with Crippen LogP contribution in [0, 0.1) is 17.8 Å². The number of carboxylic acid groups (broad SMARTS) is 1. The Bertz CT molecular complexity index is 1270. The monoisotopic (exact) mass is 726 g/mol. The molecule has 0 saturated heterocycles. The molecule has 0 unspecified atom stereocenters. The van der Waals surface area contributed by atoms with Crippen molar-refractivity contribution in [3.05, 3.63) is 0 Å². The minimum absolute atomic E-state index is 0.0180. The number of nitrogens with one attached hydrogen (secondary N) is 6. The van der Waals surface area contributed by atoms with Crippen LogP contribution in [0.4, 0.5) is 0 Å². The molecule has 7 amide bonds. The molecule has 0 spiro atoms. The molecular weight excluding hydrogens is 668 g/mol. The van der Waals surface area contributed by atoms with E-state index in [0.29, 0.717) is 12.8 Å². The minimum Gasteiger partial charge on any atom is -0.481 e. The molecule has 0 fully saturated rings. The second-order valence-electron chi connectivity index (χ2n) is 13.3. The van der Waals surface area contributed by atoms with Gasteiger partial charge in [-0.2, -0.15) is 0 Å². The normalized spacial score (nSPS) is 15.1. The third-order valence-electron chi connectivity index (χ3n) is 7.77. The highest BCUT2D eigenvalue weighted by Crippen LogP contribution is 2.16. The second-order valence-corrected chi connectivity index (χ2v) is 13.3. The first-order valence-corrected chi connectivity index (χ1v) is 16.9. The van der Waals surface area contributed by atoms with Crippen LogP contribution in [-0.4, -0.2) is 101 Å². The Balaban J connectivity index is 6.11. The van der Waals surface area contributed by atoms with Gasteiger partial charge in [-0.3, -0.25) is 43.3 Å². The number of nitrogens with two attached hydrogens (primary N) is 3. The lowest BCUT2D eigenvalue weighted by atomic mass is 9.91. The number of rotatable bonds is 23. The molecular formula is C32H58N10O9. The van der Waals surface area contributed by atoms with Crippen molar-refractivity contribution in [1.29, 1.82) is 0 Å². The van der Waals surface area contributed by atoms with Gasteiger partial charge in [0.1, 0.15) is 30.2 Å². The lowest BCUT2D eigenvalue weighted by Gasteiger charge is -2.31. The molecule has 13 N–H and O–H groups in total. The predicted octanol–water partition coefficient (Wildman–Crippen LogP) is -2.30. The second kappa shape index (κ2) is 22.7. The summed E-state index contributed by atoms with van der Waals surface area (Å²) in [7, 11) is 0. The Labute approximate surface area is 298 Å². The highest BCUT2D eigenvalue weighted by atomic mass is 16.4. The lowest BCUT2D eigenvalue weighted by Crippen LogP contribution is -2.59. The molecule has 0 aliphatic carbocycles. The fourth-order valence-corrected chi connectivity index (χ4v) is 4.80. The Hall–Kier alpha value is -4.97. The van der Waals surface area contributed by atoms with Crippen LogP contribution < -0.4 is 49.1 Å². The fourth-order valence-electron chi connectivity index (χ4n) is 4.80. The Morgan fingerprint density at radius 1 is 0.647 bits per heavy atom. The Kier molecular flexibility index (Phi) is 20.5. The van der Waals surface area contributed by atoms with E-state index in [1.165, 1.54) is 27.7 Å². The quantitative estimate of drug-likeness (QED) is 0.0303. The molecule has 0 aliphatic rings. The van der Waals surface area contributed by atoms with Crippen LogP contribution in [0.25, 0.3) is 0 Å². The van der Waals surface area contributed by atoms with Gasteiger partial charge in [-0.05, 0) is 51.4 Å². The summed E-state index contributed by atoms with van der Waals surface area (Å²) in [6.07, 6.45) is -0.0359. The molecule has 0 bridgehead atoms. The van der Waals surface area contributed by atoms with Gasteiger partial charge in [0, 0.05) is 25.9 Å². The van der Waals surface area contributed by atoms with E-state index in [9.17, 15) is 38.4 Å². The van der Waals surface area contributed by atoms with E-state index in [-0.39, 0.29) is 31.3 Å². The molecule has 0 heterocycles. The Morgan fingerprint density at radius 2 is 1.20 bits per heavy atom. The number of guanidine groups is 1. The number of hydrogen-bond donors (Lipinski definition) is 10. The Morgan fingerprint density at radius 3 is 1.69 bits per heavy atom. The lowest BCUT2D eigenvalue weighted by molar-refractivity contribution is -0.139. The largest absolute Gasteiger partial charge is 0.481 e. The highest BCUT2D eigenvalue weighted by molar-refractivity contribution is 5.95. The third-order valence-corrected chi connectivity index (χ3v) is 7.77. The average molecular weight is 727 g/mol. The molecule has 7 atom stereocenters.